The van der Waals surface area contributed by atoms with Crippen LogP contribution >= 0.6 is 0 Å². The van der Waals surface area contributed by atoms with Gasteiger partial charge in [-0.15, -0.1) is 0 Å². The van der Waals surface area contributed by atoms with E-state index in [1.807, 2.05) is 0 Å². The fraction of sp³-hybridized carbons (Fsp3) is 0.900. The number of carbonyl (C=O) groups excluding carboxylic acids is 2. The van der Waals surface area contributed by atoms with Crippen LogP contribution < -0.4 is 10.6 Å². The van der Waals surface area contributed by atoms with E-state index < -0.39 is 30.2 Å². The molecular formula is C40H70N4O12. The highest BCUT2D eigenvalue weighted by atomic mass is 17.1. The monoisotopic (exact) mass is 798 g/mol. The van der Waals surface area contributed by atoms with Gasteiger partial charge < -0.3 is 41.3 Å². The summed E-state index contributed by atoms with van der Waals surface area (Å²) in [5, 5.41) is 75.9. The second kappa shape index (κ2) is 21.0. The number of nitrogens with one attached hydrogen (secondary N) is 2. The molecule has 9 unspecified atom stereocenters. The number of hydrogen-bond donors (Lipinski definition) is 9. The molecule has 16 nitrogen and oxygen atoms in total. The summed E-state index contributed by atoms with van der Waals surface area (Å²) in [6, 6.07) is -0.494. The van der Waals surface area contributed by atoms with Crippen molar-refractivity contribution in [2.45, 2.75) is 135 Å². The number of fused-ring (bicyclic) bond motifs is 5. The molecule has 4 aliphatic carbocycles. The number of rotatable bonds is 23. The zero-order valence-corrected chi connectivity index (χ0v) is 33.7. The summed E-state index contributed by atoms with van der Waals surface area (Å²) in [5.41, 5.74) is -0.419. The van der Waals surface area contributed by atoms with Gasteiger partial charge in [-0.05, 0) is 111 Å². The highest BCUT2D eigenvalue weighted by Gasteiger charge is 2.65. The predicted octanol–water partition coefficient (Wildman–Crippen LogP) is 2.09. The smallest absolute Gasteiger partial charge is 0.317 e. The molecule has 2 amide bonds. The minimum Gasteiger partial charge on any atom is -0.481 e. The molecule has 12 atom stereocenters. The molecule has 4 aliphatic rings. The van der Waals surface area contributed by atoms with Crippen LogP contribution in [0.4, 0.5) is 0 Å². The Morgan fingerprint density at radius 2 is 1.57 bits per heavy atom. The van der Waals surface area contributed by atoms with Gasteiger partial charge in [0.1, 0.15) is 0 Å². The van der Waals surface area contributed by atoms with Crippen LogP contribution in [-0.4, -0.2) is 140 Å². The Morgan fingerprint density at radius 1 is 0.857 bits per heavy atom. The number of carboxylic acid groups (broad SMARTS) is 2. The summed E-state index contributed by atoms with van der Waals surface area (Å²) >= 11 is 0. The predicted molar refractivity (Wildman–Crippen MR) is 205 cm³/mol. The first kappa shape index (κ1) is 46.3. The number of unbranched alkanes of at least 4 members (excludes halogenated alkanes) is 1. The second-order valence-corrected chi connectivity index (χ2v) is 17.9. The van der Waals surface area contributed by atoms with E-state index in [4.69, 9.17) is 5.26 Å². The number of aliphatic hydroxyl groups is 4. The van der Waals surface area contributed by atoms with E-state index in [1.165, 1.54) is 4.90 Å². The lowest BCUT2D eigenvalue weighted by atomic mass is 9.43. The van der Waals surface area contributed by atoms with Gasteiger partial charge in [-0.1, -0.05) is 27.2 Å². The Balaban J connectivity index is 1.20. The van der Waals surface area contributed by atoms with Gasteiger partial charge >= 0.3 is 11.9 Å². The molecule has 9 N–H and O–H groups in total. The average molecular weight is 799 g/mol. The highest BCUT2D eigenvalue weighted by Crippen LogP contribution is 2.68. The molecule has 16 heteroatoms. The van der Waals surface area contributed by atoms with Crippen molar-refractivity contribution in [2.75, 3.05) is 46.2 Å². The quantitative estimate of drug-likeness (QED) is 0.0311. The van der Waals surface area contributed by atoms with Crippen LogP contribution in [0.1, 0.15) is 111 Å². The van der Waals surface area contributed by atoms with Crippen molar-refractivity contribution in [1.82, 2.24) is 20.4 Å². The number of aliphatic hydroxyl groups excluding tert-OH is 4. The first-order valence-electron chi connectivity index (χ1n) is 20.9. The number of carbonyl (C=O) groups is 4. The van der Waals surface area contributed by atoms with Crippen molar-refractivity contribution in [3.63, 3.8) is 0 Å². The molecule has 0 aliphatic heterocycles. The van der Waals surface area contributed by atoms with Crippen molar-refractivity contribution in [3.05, 3.63) is 0 Å². The lowest BCUT2D eigenvalue weighted by Gasteiger charge is -2.63. The molecule has 322 valence electrons. The van der Waals surface area contributed by atoms with E-state index in [9.17, 15) is 49.8 Å². The maximum absolute atomic E-state index is 13.0. The maximum Gasteiger partial charge on any atom is 0.317 e. The molecule has 4 saturated carbocycles. The molecule has 0 aromatic heterocycles. The summed E-state index contributed by atoms with van der Waals surface area (Å²) in [7, 11) is 0. The molecule has 0 aromatic rings. The number of hydrogen-bond acceptors (Lipinski definition) is 12. The third-order valence-electron chi connectivity index (χ3n) is 14.8. The van der Waals surface area contributed by atoms with Gasteiger partial charge in [0.25, 0.3) is 0 Å². The number of aliphatic carboxylic acids is 2. The van der Waals surface area contributed by atoms with Crippen LogP contribution in [-0.2, 0) is 24.1 Å². The largest absolute Gasteiger partial charge is 0.481 e. The molecule has 0 aromatic carbocycles. The van der Waals surface area contributed by atoms with Gasteiger partial charge in [0.2, 0.25) is 11.8 Å². The van der Waals surface area contributed by atoms with Crippen molar-refractivity contribution >= 4 is 23.8 Å². The maximum atomic E-state index is 13.0. The van der Waals surface area contributed by atoms with Crippen LogP contribution in [0.3, 0.4) is 0 Å². The standard InChI is InChI=1S/C40H70N4O12/c1-25(7-12-36(51)52)29-8-9-30-38-31(20-33(48)40(29,30)3)39(2)14-13-27(18-26(39)19-32(38)47)42-35(50)11-10-34(49)41-15-5-4-6-28(22-56-55)44(21-37(53)54)17-16-43(23-45)24-46/h25-33,38,45-48,55H,4-24H2,1-3H3,(H,41,49)(H,42,50)(H,51,52)(H,53,54)/t25?,26?,27?,28?,29-,30?,31?,32?,33?,38?,39+,40-/m1/s1. The van der Waals surface area contributed by atoms with E-state index in [0.717, 1.165) is 32.1 Å². The highest BCUT2D eigenvalue weighted by molar-refractivity contribution is 5.83. The normalized spacial score (nSPS) is 33.6. The van der Waals surface area contributed by atoms with E-state index in [-0.39, 0.29) is 123 Å². The lowest BCUT2D eigenvalue weighted by Crippen LogP contribution is -2.63. The fourth-order valence-electron chi connectivity index (χ4n) is 11.7. The Kier molecular flexibility index (Phi) is 17.3. The first-order chi connectivity index (χ1) is 26.6. The van der Waals surface area contributed by atoms with Crippen LogP contribution in [0.2, 0.25) is 0 Å². The Labute approximate surface area is 331 Å². The average Bonchev–Trinajstić information content (AvgIpc) is 3.51. The van der Waals surface area contributed by atoms with Crippen molar-refractivity contribution in [3.8, 4) is 0 Å². The number of carboxylic acids is 2. The van der Waals surface area contributed by atoms with Crippen LogP contribution in [0, 0.1) is 46.3 Å². The zero-order chi connectivity index (χ0) is 41.2. The Morgan fingerprint density at radius 3 is 2.23 bits per heavy atom. The first-order valence-corrected chi connectivity index (χ1v) is 20.9. The molecule has 0 radical (unpaired) electrons. The van der Waals surface area contributed by atoms with Gasteiger partial charge in [-0.3, -0.25) is 34.2 Å². The molecule has 0 heterocycles. The van der Waals surface area contributed by atoms with Gasteiger partial charge in [-0.2, -0.15) is 0 Å². The van der Waals surface area contributed by atoms with Crippen LogP contribution in [0.15, 0.2) is 0 Å². The third kappa shape index (κ3) is 11.2. The van der Waals surface area contributed by atoms with E-state index >= 15 is 0 Å². The van der Waals surface area contributed by atoms with Gasteiger partial charge in [0.15, 0.2) is 0 Å². The fourth-order valence-corrected chi connectivity index (χ4v) is 11.7. The van der Waals surface area contributed by atoms with E-state index in [1.54, 1.807) is 4.90 Å². The summed E-state index contributed by atoms with van der Waals surface area (Å²) < 4.78 is 0. The van der Waals surface area contributed by atoms with Gasteiger partial charge in [0.05, 0.1) is 38.8 Å². The van der Waals surface area contributed by atoms with Crippen molar-refractivity contribution in [2.24, 2.45) is 46.3 Å². The summed E-state index contributed by atoms with van der Waals surface area (Å²) in [6.45, 7) is 6.19. The Bertz CT molecular complexity index is 1310. The molecular weight excluding hydrogens is 728 g/mol. The molecule has 0 bridgehead atoms. The van der Waals surface area contributed by atoms with Crippen LogP contribution in [0.5, 0.6) is 0 Å². The molecule has 4 rings (SSSR count). The molecule has 56 heavy (non-hydrogen) atoms. The zero-order valence-electron chi connectivity index (χ0n) is 33.7. The summed E-state index contributed by atoms with van der Waals surface area (Å²) in [4.78, 5) is 55.6. The molecule has 0 spiro atoms. The van der Waals surface area contributed by atoms with Gasteiger partial charge in [-0.25, -0.2) is 4.89 Å². The van der Waals surface area contributed by atoms with E-state index in [2.05, 4.69) is 36.3 Å². The number of nitrogens with zero attached hydrogens (tertiary/aromatic N) is 2. The van der Waals surface area contributed by atoms with Gasteiger partial charge in [0, 0.05) is 51.0 Å². The van der Waals surface area contributed by atoms with Crippen LogP contribution in [0.25, 0.3) is 0 Å². The van der Waals surface area contributed by atoms with Crippen molar-refractivity contribution < 1.29 is 60.0 Å². The Hall–Kier alpha value is -2.44. The minimum atomic E-state index is -1.06. The topological polar surface area (TPSA) is 250 Å². The van der Waals surface area contributed by atoms with Crippen molar-refractivity contribution in [1.29, 1.82) is 0 Å². The number of amides is 2. The second-order valence-electron chi connectivity index (χ2n) is 17.9. The lowest BCUT2D eigenvalue weighted by molar-refractivity contribution is -0.252. The molecule has 0 saturated heterocycles. The van der Waals surface area contributed by atoms with E-state index in [0.29, 0.717) is 45.1 Å². The summed E-state index contributed by atoms with van der Waals surface area (Å²) in [5.74, 6) is -1.25. The summed E-state index contributed by atoms with van der Waals surface area (Å²) in [6.07, 6.45) is 7.04. The third-order valence-corrected chi connectivity index (χ3v) is 14.8. The SMILES string of the molecule is CC(CCC(=O)O)[C@H]1CCC2C3C(O)CC4CC(NC(=O)CCC(=O)NCCCCC(COO)N(CCN(CO)CO)CC(=O)O)CC[C@]4(C)C3CC(O)[C@@]21C. The molecule has 4 fully saturated rings. The minimum absolute atomic E-state index is 0.0374.